The second-order valence-electron chi connectivity index (χ2n) is 4.13. The number of carboxylic acids is 1. The van der Waals surface area contributed by atoms with Gasteiger partial charge in [0.05, 0.1) is 19.0 Å². The largest absolute Gasteiger partial charge is 0.497 e. The van der Waals surface area contributed by atoms with Crippen LogP contribution in [0.15, 0.2) is 29.3 Å². The molecule has 6 nitrogen and oxygen atoms in total. The fourth-order valence-electron chi connectivity index (χ4n) is 1.73. The monoisotopic (exact) mass is 293 g/mol. The zero-order valence-corrected chi connectivity index (χ0v) is 12.0. The molecule has 0 aliphatic rings. The topological polar surface area (TPSA) is 90.4 Å². The van der Waals surface area contributed by atoms with Crippen molar-refractivity contribution in [2.75, 3.05) is 12.8 Å². The molecule has 2 rings (SSSR count). The minimum atomic E-state index is -0.979. The Labute approximate surface area is 120 Å². The third-order valence-corrected chi connectivity index (χ3v) is 3.96. The van der Waals surface area contributed by atoms with Crippen LogP contribution in [0.1, 0.15) is 16.1 Å². The summed E-state index contributed by atoms with van der Waals surface area (Å²) in [4.78, 5) is 12.0. The molecule has 0 unspecified atom stereocenters. The lowest BCUT2D eigenvalue weighted by Gasteiger charge is -2.08. The van der Waals surface area contributed by atoms with Crippen molar-refractivity contribution in [2.24, 2.45) is 7.05 Å². The summed E-state index contributed by atoms with van der Waals surface area (Å²) < 4.78 is 6.71. The number of carbonyl (C=O) groups is 1. The van der Waals surface area contributed by atoms with Gasteiger partial charge in [0.2, 0.25) is 0 Å². The van der Waals surface area contributed by atoms with E-state index in [0.29, 0.717) is 22.9 Å². The van der Waals surface area contributed by atoms with Crippen LogP contribution < -0.4 is 10.5 Å². The van der Waals surface area contributed by atoms with E-state index in [0.717, 1.165) is 4.90 Å². The number of benzene rings is 1. The zero-order chi connectivity index (χ0) is 14.7. The van der Waals surface area contributed by atoms with Gasteiger partial charge in [-0.2, -0.15) is 5.10 Å². The smallest absolute Gasteiger partial charge is 0.339 e. The van der Waals surface area contributed by atoms with Crippen molar-refractivity contribution in [3.63, 3.8) is 0 Å². The molecule has 0 saturated heterocycles. The van der Waals surface area contributed by atoms with Crippen LogP contribution >= 0.6 is 11.8 Å². The van der Waals surface area contributed by atoms with Crippen LogP contribution in [-0.4, -0.2) is 28.0 Å². The van der Waals surface area contributed by atoms with Crippen molar-refractivity contribution in [1.29, 1.82) is 0 Å². The third kappa shape index (κ3) is 2.88. The molecule has 1 heterocycles. The molecule has 3 N–H and O–H groups in total. The number of aromatic nitrogens is 2. The Bertz CT molecular complexity index is 640. The molecule has 0 spiro atoms. The molecule has 0 saturated carbocycles. The number of aromatic carboxylic acids is 1. The number of thioether (sulfide) groups is 1. The first kappa shape index (κ1) is 14.3. The second kappa shape index (κ2) is 5.87. The average molecular weight is 293 g/mol. The molecule has 1 aromatic heterocycles. The molecule has 1 aromatic carbocycles. The van der Waals surface area contributed by atoms with E-state index in [1.165, 1.54) is 18.0 Å². The zero-order valence-electron chi connectivity index (χ0n) is 11.2. The van der Waals surface area contributed by atoms with Gasteiger partial charge in [-0.05, 0) is 18.2 Å². The fraction of sp³-hybridized carbons (Fsp3) is 0.231. The highest BCUT2D eigenvalue weighted by atomic mass is 32.2. The summed E-state index contributed by atoms with van der Waals surface area (Å²) in [5, 5.41) is 13.1. The molecule has 0 aliphatic heterocycles. The molecule has 7 heteroatoms. The highest BCUT2D eigenvalue weighted by Gasteiger charge is 2.15. The van der Waals surface area contributed by atoms with Gasteiger partial charge < -0.3 is 15.6 Å². The molecule has 0 bridgehead atoms. The van der Waals surface area contributed by atoms with Crippen LogP contribution in [0.4, 0.5) is 5.69 Å². The van der Waals surface area contributed by atoms with Crippen molar-refractivity contribution in [1.82, 2.24) is 9.78 Å². The van der Waals surface area contributed by atoms with Gasteiger partial charge in [0.1, 0.15) is 11.3 Å². The maximum Gasteiger partial charge on any atom is 0.339 e. The van der Waals surface area contributed by atoms with Gasteiger partial charge >= 0.3 is 5.97 Å². The second-order valence-corrected chi connectivity index (χ2v) is 5.14. The average Bonchev–Trinajstić information content (AvgIpc) is 2.79. The van der Waals surface area contributed by atoms with Crippen LogP contribution in [0.3, 0.4) is 0 Å². The Morgan fingerprint density at radius 1 is 1.55 bits per heavy atom. The quantitative estimate of drug-likeness (QED) is 0.647. The Hall–Kier alpha value is -2.15. The van der Waals surface area contributed by atoms with Crippen molar-refractivity contribution < 1.29 is 14.6 Å². The first-order chi connectivity index (χ1) is 9.52. The van der Waals surface area contributed by atoms with Crippen molar-refractivity contribution in [3.8, 4) is 5.75 Å². The molecule has 0 fully saturated rings. The lowest BCUT2D eigenvalue weighted by molar-refractivity contribution is 0.0696. The van der Waals surface area contributed by atoms with Crippen LogP contribution in [0.5, 0.6) is 5.75 Å². The van der Waals surface area contributed by atoms with E-state index in [-0.39, 0.29) is 5.56 Å². The fourth-order valence-corrected chi connectivity index (χ4v) is 2.79. The molecule has 20 heavy (non-hydrogen) atoms. The molecule has 0 aliphatic carbocycles. The summed E-state index contributed by atoms with van der Waals surface area (Å²) in [7, 11) is 3.31. The first-order valence-electron chi connectivity index (χ1n) is 5.83. The molecule has 0 amide bonds. The van der Waals surface area contributed by atoms with Crippen LogP contribution in [0.2, 0.25) is 0 Å². The number of rotatable bonds is 5. The number of nitrogens with two attached hydrogens (primary N) is 1. The van der Waals surface area contributed by atoms with Gasteiger partial charge in [-0.1, -0.05) is 0 Å². The number of nitrogens with zero attached hydrogens (tertiary/aromatic N) is 2. The van der Waals surface area contributed by atoms with Crippen LogP contribution in [-0.2, 0) is 12.8 Å². The summed E-state index contributed by atoms with van der Waals surface area (Å²) in [5.74, 6) is 0.202. The first-order valence-corrected chi connectivity index (χ1v) is 6.82. The standard InChI is InChI=1S/C13H15N3O3S/c1-16-11(9(6-15-16)13(17)18)7-20-12-5-8(19-2)3-4-10(12)14/h3-6H,7,14H2,1-2H3,(H,17,18). The summed E-state index contributed by atoms with van der Waals surface area (Å²) in [6.07, 6.45) is 1.35. The summed E-state index contributed by atoms with van der Waals surface area (Å²) in [6, 6.07) is 5.38. The molecule has 2 aromatic rings. The summed E-state index contributed by atoms with van der Waals surface area (Å²) in [6.45, 7) is 0. The van der Waals surface area contributed by atoms with Gasteiger partial charge in [0.25, 0.3) is 0 Å². The van der Waals surface area contributed by atoms with Gasteiger partial charge in [-0.15, -0.1) is 11.8 Å². The highest BCUT2D eigenvalue weighted by molar-refractivity contribution is 7.98. The molecule has 106 valence electrons. The van der Waals surface area contributed by atoms with Gasteiger partial charge in [-0.25, -0.2) is 4.79 Å². The summed E-state index contributed by atoms with van der Waals surface area (Å²) in [5.41, 5.74) is 7.39. The lowest BCUT2D eigenvalue weighted by atomic mass is 10.3. The van der Waals surface area contributed by atoms with Gasteiger partial charge in [-0.3, -0.25) is 4.68 Å². The Balaban J connectivity index is 2.21. The number of hydrogen-bond acceptors (Lipinski definition) is 5. The third-order valence-electron chi connectivity index (χ3n) is 2.88. The van der Waals surface area contributed by atoms with Crippen molar-refractivity contribution in [2.45, 2.75) is 10.6 Å². The SMILES string of the molecule is COc1ccc(N)c(SCc2c(C(=O)O)cnn2C)c1. The predicted molar refractivity (Wildman–Crippen MR) is 77.1 cm³/mol. The number of anilines is 1. The predicted octanol–water partition coefficient (Wildman–Crippen LogP) is 2.00. The van der Waals surface area contributed by atoms with Crippen molar-refractivity contribution in [3.05, 3.63) is 35.7 Å². The van der Waals surface area contributed by atoms with Gasteiger partial charge in [0, 0.05) is 23.4 Å². The van der Waals surface area contributed by atoms with Crippen LogP contribution in [0, 0.1) is 0 Å². The summed E-state index contributed by atoms with van der Waals surface area (Å²) >= 11 is 1.45. The molecule has 0 radical (unpaired) electrons. The normalized spacial score (nSPS) is 10.5. The van der Waals surface area contributed by atoms with E-state index in [4.69, 9.17) is 15.6 Å². The van der Waals surface area contributed by atoms with E-state index in [1.54, 1.807) is 31.0 Å². The Kier molecular flexibility index (Phi) is 4.19. The number of carboxylic acid groups (broad SMARTS) is 1. The Morgan fingerprint density at radius 2 is 2.30 bits per heavy atom. The molecular weight excluding hydrogens is 278 g/mol. The number of methoxy groups -OCH3 is 1. The minimum Gasteiger partial charge on any atom is -0.497 e. The maximum absolute atomic E-state index is 11.1. The minimum absolute atomic E-state index is 0.210. The number of ether oxygens (including phenoxy) is 1. The lowest BCUT2D eigenvalue weighted by Crippen LogP contribution is -2.03. The van der Waals surface area contributed by atoms with Crippen LogP contribution in [0.25, 0.3) is 0 Å². The highest BCUT2D eigenvalue weighted by Crippen LogP contribution is 2.32. The van der Waals surface area contributed by atoms with E-state index >= 15 is 0 Å². The van der Waals surface area contributed by atoms with E-state index in [9.17, 15) is 4.79 Å². The maximum atomic E-state index is 11.1. The van der Waals surface area contributed by atoms with E-state index < -0.39 is 5.97 Å². The van der Waals surface area contributed by atoms with Gasteiger partial charge in [0.15, 0.2) is 0 Å². The molecule has 0 atom stereocenters. The Morgan fingerprint density at radius 3 is 2.95 bits per heavy atom. The number of aryl methyl sites for hydroxylation is 1. The number of nitrogen functional groups attached to an aromatic ring is 1. The number of hydrogen-bond donors (Lipinski definition) is 2. The molecular formula is C13H15N3O3S. The van der Waals surface area contributed by atoms with E-state index in [1.807, 2.05) is 6.07 Å². The van der Waals surface area contributed by atoms with E-state index in [2.05, 4.69) is 5.10 Å². The van der Waals surface area contributed by atoms with Crippen molar-refractivity contribution >= 4 is 23.4 Å².